The quantitative estimate of drug-likeness (QED) is 0.289. The molecule has 2 aromatic heterocycles. The summed E-state index contributed by atoms with van der Waals surface area (Å²) in [5, 5.41) is 12.0. The van der Waals surface area contributed by atoms with E-state index in [9.17, 15) is 4.79 Å². The molecule has 0 saturated heterocycles. The summed E-state index contributed by atoms with van der Waals surface area (Å²) in [5.41, 5.74) is 10.2. The Bertz CT molecular complexity index is 1020. The molecule has 0 fully saturated rings. The third-order valence-electron chi connectivity index (χ3n) is 3.49. The van der Waals surface area contributed by atoms with Gasteiger partial charge in [-0.05, 0) is 32.0 Å². The zero-order valence-corrected chi connectivity index (χ0v) is 12.7. The highest BCUT2D eigenvalue weighted by molar-refractivity contribution is 6.02. The van der Waals surface area contributed by atoms with E-state index in [4.69, 9.17) is 15.6 Å². The van der Waals surface area contributed by atoms with Gasteiger partial charge in [0.05, 0.1) is 22.2 Å². The monoisotopic (exact) mass is 309 g/mol. The van der Waals surface area contributed by atoms with Crippen molar-refractivity contribution < 1.29 is 4.42 Å². The van der Waals surface area contributed by atoms with Gasteiger partial charge in [-0.1, -0.05) is 12.1 Å². The third kappa shape index (κ3) is 2.64. The third-order valence-corrected chi connectivity index (χ3v) is 3.49. The number of nitrogens with zero attached hydrogens (tertiary/aromatic N) is 2. The van der Waals surface area contributed by atoms with Crippen molar-refractivity contribution in [1.82, 2.24) is 10.4 Å². The van der Waals surface area contributed by atoms with Crippen LogP contribution in [0.4, 0.5) is 0 Å². The van der Waals surface area contributed by atoms with Crippen LogP contribution in [0.5, 0.6) is 0 Å². The summed E-state index contributed by atoms with van der Waals surface area (Å²) < 4.78 is 5.72. The Balaban J connectivity index is 2.26. The largest absolute Gasteiger partial charge is 0.437 e. The van der Waals surface area contributed by atoms with Crippen LogP contribution in [0.1, 0.15) is 18.2 Å². The molecule has 7 heteroatoms. The van der Waals surface area contributed by atoms with Gasteiger partial charge in [0.25, 0.3) is 0 Å². The van der Waals surface area contributed by atoms with Crippen LogP contribution in [0.2, 0.25) is 0 Å². The lowest BCUT2D eigenvalue weighted by molar-refractivity contribution is 0.643. The van der Waals surface area contributed by atoms with Gasteiger partial charge in [-0.2, -0.15) is 5.10 Å². The van der Waals surface area contributed by atoms with Crippen molar-refractivity contribution in [3.63, 3.8) is 0 Å². The summed E-state index contributed by atoms with van der Waals surface area (Å²) >= 11 is 0. The number of rotatable bonds is 2. The number of hydrogen-bond acceptors (Lipinski definition) is 5. The predicted molar refractivity (Wildman–Crippen MR) is 89.8 cm³/mol. The number of pyridine rings is 1. The molecule has 0 aliphatic rings. The van der Waals surface area contributed by atoms with Crippen LogP contribution in [0.25, 0.3) is 22.1 Å². The smallest absolute Gasteiger partial charge is 0.230 e. The van der Waals surface area contributed by atoms with Crippen LogP contribution in [0.15, 0.2) is 44.6 Å². The molecular formula is C16H15N5O2. The maximum absolute atomic E-state index is 12.6. The molecule has 4 N–H and O–H groups in total. The Hall–Kier alpha value is -3.22. The molecule has 0 saturated carbocycles. The number of nitrogens with two attached hydrogens (primary N) is 1. The molecule has 7 nitrogen and oxygen atoms in total. The van der Waals surface area contributed by atoms with E-state index in [2.05, 4.69) is 15.5 Å². The van der Waals surface area contributed by atoms with E-state index in [1.807, 2.05) is 6.07 Å². The molecule has 0 spiro atoms. The predicted octanol–water partition coefficient (Wildman–Crippen LogP) is 1.86. The van der Waals surface area contributed by atoms with Gasteiger partial charge in [-0.25, -0.2) is 10.4 Å². The number of guanidine groups is 1. The van der Waals surface area contributed by atoms with E-state index in [-0.39, 0.29) is 11.4 Å². The van der Waals surface area contributed by atoms with E-state index >= 15 is 0 Å². The first kappa shape index (κ1) is 14.7. The van der Waals surface area contributed by atoms with Gasteiger partial charge in [0.1, 0.15) is 5.58 Å². The molecule has 0 aliphatic heterocycles. The standard InChI is InChI=1S/C16H15N5O2/c1-8-11(9(2)20-21-16(17)18)7-12-14(22)10-5-3-4-6-13(10)23-15(12)19-8/h3-7H,1-2H3,(H4,17,18,21)/b20-9+. The molecule has 0 bridgehead atoms. The SMILES string of the molecule is C/C(=N\NC(=N)N)c1cc2c(=O)c3ccccc3oc2nc1C. The first-order chi connectivity index (χ1) is 11.0. The van der Waals surface area contributed by atoms with Crippen LogP contribution in [-0.2, 0) is 0 Å². The zero-order valence-electron chi connectivity index (χ0n) is 12.7. The zero-order chi connectivity index (χ0) is 16.6. The second-order valence-corrected chi connectivity index (χ2v) is 5.12. The van der Waals surface area contributed by atoms with Crippen molar-refractivity contribution in [2.24, 2.45) is 10.8 Å². The molecule has 1 aromatic carbocycles. The van der Waals surface area contributed by atoms with E-state index in [0.717, 1.165) is 0 Å². The van der Waals surface area contributed by atoms with Gasteiger partial charge in [-0.15, -0.1) is 0 Å². The number of aromatic nitrogens is 1. The van der Waals surface area contributed by atoms with Gasteiger partial charge in [-0.3, -0.25) is 10.2 Å². The van der Waals surface area contributed by atoms with Crippen molar-refractivity contribution in [1.29, 1.82) is 5.41 Å². The summed E-state index contributed by atoms with van der Waals surface area (Å²) in [5.74, 6) is -0.263. The lowest BCUT2D eigenvalue weighted by Gasteiger charge is -2.07. The van der Waals surface area contributed by atoms with Crippen molar-refractivity contribution in [3.8, 4) is 0 Å². The molecule has 0 aliphatic carbocycles. The second kappa shape index (κ2) is 5.53. The first-order valence-corrected chi connectivity index (χ1v) is 6.95. The lowest BCUT2D eigenvalue weighted by Crippen LogP contribution is -2.26. The maximum Gasteiger partial charge on any atom is 0.230 e. The number of aryl methyl sites for hydroxylation is 1. The van der Waals surface area contributed by atoms with Crippen LogP contribution >= 0.6 is 0 Å². The summed E-state index contributed by atoms with van der Waals surface area (Å²) in [6.45, 7) is 3.55. The number of nitrogens with one attached hydrogen (secondary N) is 2. The summed E-state index contributed by atoms with van der Waals surface area (Å²) in [7, 11) is 0. The van der Waals surface area contributed by atoms with Gasteiger partial charge in [0.15, 0.2) is 0 Å². The summed E-state index contributed by atoms with van der Waals surface area (Å²) in [6.07, 6.45) is 0. The number of benzene rings is 1. The number of para-hydroxylation sites is 1. The Morgan fingerprint density at radius 2 is 2.09 bits per heavy atom. The number of hydrogen-bond donors (Lipinski definition) is 3. The van der Waals surface area contributed by atoms with Gasteiger partial charge < -0.3 is 10.2 Å². The van der Waals surface area contributed by atoms with Crippen LogP contribution in [-0.4, -0.2) is 16.7 Å². The minimum Gasteiger partial charge on any atom is -0.437 e. The highest BCUT2D eigenvalue weighted by Crippen LogP contribution is 2.19. The second-order valence-electron chi connectivity index (χ2n) is 5.12. The fraction of sp³-hybridized carbons (Fsp3) is 0.125. The fourth-order valence-corrected chi connectivity index (χ4v) is 2.39. The van der Waals surface area contributed by atoms with Crippen molar-refractivity contribution in [3.05, 3.63) is 51.8 Å². The van der Waals surface area contributed by atoms with Gasteiger partial charge in [0, 0.05) is 5.56 Å². The minimum absolute atomic E-state index is 0.136. The molecular weight excluding hydrogens is 294 g/mol. The molecule has 3 rings (SSSR count). The first-order valence-electron chi connectivity index (χ1n) is 6.95. The molecule has 2 heterocycles. The highest BCUT2D eigenvalue weighted by atomic mass is 16.3. The number of hydrazone groups is 1. The van der Waals surface area contributed by atoms with Crippen molar-refractivity contribution in [2.45, 2.75) is 13.8 Å². The topological polar surface area (TPSA) is 117 Å². The minimum atomic E-state index is -0.263. The molecule has 3 aromatic rings. The average Bonchev–Trinajstić information content (AvgIpc) is 2.52. The van der Waals surface area contributed by atoms with Gasteiger partial charge in [0.2, 0.25) is 17.1 Å². The van der Waals surface area contributed by atoms with E-state index < -0.39 is 0 Å². The molecule has 0 amide bonds. The van der Waals surface area contributed by atoms with E-state index in [0.29, 0.717) is 39.0 Å². The summed E-state index contributed by atoms with van der Waals surface area (Å²) in [4.78, 5) is 17.0. The normalized spacial score (nSPS) is 11.8. The van der Waals surface area contributed by atoms with E-state index in [1.165, 1.54) is 0 Å². The van der Waals surface area contributed by atoms with Gasteiger partial charge >= 0.3 is 0 Å². The lowest BCUT2D eigenvalue weighted by atomic mass is 10.1. The molecule has 23 heavy (non-hydrogen) atoms. The average molecular weight is 309 g/mol. The summed E-state index contributed by atoms with van der Waals surface area (Å²) in [6, 6.07) is 8.76. The molecule has 0 atom stereocenters. The Labute approximate surface area is 131 Å². The fourth-order valence-electron chi connectivity index (χ4n) is 2.39. The van der Waals surface area contributed by atoms with Crippen LogP contribution in [0, 0.1) is 12.3 Å². The Kier molecular flexibility index (Phi) is 3.53. The Morgan fingerprint density at radius 3 is 2.83 bits per heavy atom. The molecule has 116 valence electrons. The van der Waals surface area contributed by atoms with Crippen molar-refractivity contribution >= 4 is 33.7 Å². The Morgan fingerprint density at radius 1 is 1.35 bits per heavy atom. The van der Waals surface area contributed by atoms with Crippen LogP contribution in [0.3, 0.4) is 0 Å². The highest BCUT2D eigenvalue weighted by Gasteiger charge is 2.13. The van der Waals surface area contributed by atoms with E-state index in [1.54, 1.807) is 38.1 Å². The number of fused-ring (bicyclic) bond motifs is 2. The van der Waals surface area contributed by atoms with Crippen molar-refractivity contribution in [2.75, 3.05) is 0 Å². The molecule has 0 unspecified atom stereocenters. The molecule has 0 radical (unpaired) electrons. The maximum atomic E-state index is 12.6. The van der Waals surface area contributed by atoms with Crippen LogP contribution < -0.4 is 16.6 Å².